The molecule has 3 nitrogen and oxygen atoms in total. The molecule has 2 unspecified atom stereocenters. The summed E-state index contributed by atoms with van der Waals surface area (Å²) in [6, 6.07) is 28.5. The first-order chi connectivity index (χ1) is 13.5. The van der Waals surface area contributed by atoms with E-state index >= 15 is 0 Å². The Balaban J connectivity index is 2.03. The monoisotopic (exact) mass is 485 g/mol. The van der Waals surface area contributed by atoms with Gasteiger partial charge in [0.1, 0.15) is 0 Å². The van der Waals surface area contributed by atoms with Crippen molar-refractivity contribution in [1.82, 2.24) is 4.90 Å². The first kappa shape index (κ1) is 20.6. The van der Waals surface area contributed by atoms with Crippen LogP contribution in [0.1, 0.15) is 42.1 Å². The summed E-state index contributed by atoms with van der Waals surface area (Å²) in [4.78, 5) is 14.1. The summed E-state index contributed by atoms with van der Waals surface area (Å²) < 4.78 is 1.11. The highest BCUT2D eigenvalue weighted by molar-refractivity contribution is 14.1. The third-order valence-electron chi connectivity index (χ3n) is 4.99. The van der Waals surface area contributed by atoms with Crippen LogP contribution in [0.2, 0.25) is 0 Å². The maximum atomic E-state index is 11.8. The molecule has 2 atom stereocenters. The normalized spacial score (nSPS) is 13.2. The Morgan fingerprint density at radius 1 is 0.929 bits per heavy atom. The predicted molar refractivity (Wildman–Crippen MR) is 121 cm³/mol. The van der Waals surface area contributed by atoms with Gasteiger partial charge in [0.25, 0.3) is 0 Å². The van der Waals surface area contributed by atoms with Crippen molar-refractivity contribution >= 4 is 28.6 Å². The van der Waals surface area contributed by atoms with Crippen molar-refractivity contribution in [2.45, 2.75) is 32.0 Å². The molecule has 4 heteroatoms. The van der Waals surface area contributed by atoms with Gasteiger partial charge in [0.05, 0.1) is 6.42 Å². The summed E-state index contributed by atoms with van der Waals surface area (Å²) in [5.74, 6) is -0.790. The molecule has 0 bridgehead atoms. The third kappa shape index (κ3) is 5.42. The summed E-state index contributed by atoms with van der Waals surface area (Å²) in [5, 5.41) is 9.65. The standard InChI is InChI=1S/C24H24INO2/c1-18(20-11-6-3-7-12-20)26(17-19-9-4-2-5-10-19)23(16-24(27)28)21-13-8-14-22(25)15-21/h2-15,18,23H,16-17H2,1H3,(H,27,28). The Kier molecular flexibility index (Phi) is 7.23. The van der Waals surface area contributed by atoms with Gasteiger partial charge in [0.15, 0.2) is 0 Å². The topological polar surface area (TPSA) is 40.5 Å². The zero-order valence-electron chi connectivity index (χ0n) is 15.8. The minimum atomic E-state index is -0.790. The molecule has 0 saturated heterocycles. The molecule has 0 aliphatic carbocycles. The lowest BCUT2D eigenvalue weighted by molar-refractivity contribution is -0.138. The zero-order chi connectivity index (χ0) is 19.9. The Labute approximate surface area is 180 Å². The highest BCUT2D eigenvalue weighted by Gasteiger charge is 2.28. The first-order valence-electron chi connectivity index (χ1n) is 9.36. The van der Waals surface area contributed by atoms with Crippen molar-refractivity contribution in [3.05, 3.63) is 105 Å². The third-order valence-corrected chi connectivity index (χ3v) is 5.66. The lowest BCUT2D eigenvalue weighted by atomic mass is 9.96. The minimum Gasteiger partial charge on any atom is -0.481 e. The van der Waals surface area contributed by atoms with Gasteiger partial charge < -0.3 is 5.11 Å². The van der Waals surface area contributed by atoms with E-state index in [-0.39, 0.29) is 18.5 Å². The van der Waals surface area contributed by atoms with Crippen LogP contribution in [-0.4, -0.2) is 16.0 Å². The number of nitrogens with zero attached hydrogens (tertiary/aromatic N) is 1. The zero-order valence-corrected chi connectivity index (χ0v) is 18.0. The van der Waals surface area contributed by atoms with E-state index in [1.807, 2.05) is 54.6 Å². The number of carbonyl (C=O) groups is 1. The van der Waals surface area contributed by atoms with Crippen LogP contribution >= 0.6 is 22.6 Å². The van der Waals surface area contributed by atoms with Gasteiger partial charge in [-0.2, -0.15) is 0 Å². The molecule has 3 aromatic carbocycles. The summed E-state index contributed by atoms with van der Waals surface area (Å²) in [5.41, 5.74) is 3.39. The second-order valence-electron chi connectivity index (χ2n) is 6.91. The average Bonchev–Trinajstić information content (AvgIpc) is 2.71. The molecule has 1 N–H and O–H groups in total. The number of halogens is 1. The molecule has 3 aromatic rings. The Hall–Kier alpha value is -2.18. The van der Waals surface area contributed by atoms with Gasteiger partial charge >= 0.3 is 5.97 Å². The largest absolute Gasteiger partial charge is 0.481 e. The number of benzene rings is 3. The molecule has 0 aromatic heterocycles. The van der Waals surface area contributed by atoms with E-state index in [4.69, 9.17) is 0 Å². The van der Waals surface area contributed by atoms with Crippen molar-refractivity contribution < 1.29 is 9.90 Å². The molecular formula is C24H24INO2. The fraction of sp³-hybridized carbons (Fsp3) is 0.208. The van der Waals surface area contributed by atoms with Gasteiger partial charge in [-0.15, -0.1) is 0 Å². The fourth-order valence-corrected chi connectivity index (χ4v) is 4.11. The average molecular weight is 485 g/mol. The lowest BCUT2D eigenvalue weighted by Crippen LogP contribution is -2.32. The molecular weight excluding hydrogens is 461 g/mol. The van der Waals surface area contributed by atoms with E-state index in [0.717, 1.165) is 9.13 Å². The molecule has 3 rings (SSSR count). The van der Waals surface area contributed by atoms with Crippen molar-refractivity contribution in [1.29, 1.82) is 0 Å². The van der Waals surface area contributed by atoms with Crippen LogP contribution < -0.4 is 0 Å². The molecule has 0 spiro atoms. The molecule has 0 amide bonds. The van der Waals surface area contributed by atoms with Crippen molar-refractivity contribution in [3.63, 3.8) is 0 Å². The SMILES string of the molecule is CC(c1ccccc1)N(Cc1ccccc1)C(CC(=O)O)c1cccc(I)c1. The number of carboxylic acid groups (broad SMARTS) is 1. The molecule has 0 fully saturated rings. The van der Waals surface area contributed by atoms with Crippen LogP contribution in [0.4, 0.5) is 0 Å². The van der Waals surface area contributed by atoms with Crippen LogP contribution in [0, 0.1) is 3.57 Å². The predicted octanol–water partition coefficient (Wildman–Crippen LogP) is 6.07. The van der Waals surface area contributed by atoms with Crippen molar-refractivity contribution in [3.8, 4) is 0 Å². The minimum absolute atomic E-state index is 0.0596. The van der Waals surface area contributed by atoms with Gasteiger partial charge in [-0.1, -0.05) is 72.8 Å². The van der Waals surface area contributed by atoms with Crippen LogP contribution in [-0.2, 0) is 11.3 Å². The summed E-state index contributed by atoms with van der Waals surface area (Å²) >= 11 is 2.28. The fourth-order valence-electron chi connectivity index (χ4n) is 3.54. The summed E-state index contributed by atoms with van der Waals surface area (Å²) in [7, 11) is 0. The van der Waals surface area contributed by atoms with Gasteiger partial charge in [-0.05, 0) is 58.3 Å². The number of rotatable bonds is 8. The Morgan fingerprint density at radius 2 is 1.54 bits per heavy atom. The molecule has 0 heterocycles. The van der Waals surface area contributed by atoms with Crippen LogP contribution in [0.5, 0.6) is 0 Å². The Bertz CT molecular complexity index is 899. The molecule has 0 radical (unpaired) electrons. The second kappa shape index (κ2) is 9.85. The smallest absolute Gasteiger partial charge is 0.305 e. The number of aliphatic carboxylic acids is 1. The van der Waals surface area contributed by atoms with Gasteiger partial charge in [0, 0.05) is 22.2 Å². The van der Waals surface area contributed by atoms with E-state index in [1.165, 1.54) is 11.1 Å². The number of hydrogen-bond donors (Lipinski definition) is 1. The van der Waals surface area contributed by atoms with E-state index < -0.39 is 5.97 Å². The highest BCUT2D eigenvalue weighted by Crippen LogP contribution is 2.35. The maximum Gasteiger partial charge on any atom is 0.305 e. The quantitative estimate of drug-likeness (QED) is 0.394. The molecule has 28 heavy (non-hydrogen) atoms. The van der Waals surface area contributed by atoms with Gasteiger partial charge in [-0.25, -0.2) is 0 Å². The molecule has 144 valence electrons. The maximum absolute atomic E-state index is 11.8. The van der Waals surface area contributed by atoms with Crippen molar-refractivity contribution in [2.75, 3.05) is 0 Å². The van der Waals surface area contributed by atoms with E-state index in [9.17, 15) is 9.90 Å². The van der Waals surface area contributed by atoms with E-state index in [2.05, 4.69) is 64.7 Å². The summed E-state index contributed by atoms with van der Waals surface area (Å²) in [6.45, 7) is 2.83. The highest BCUT2D eigenvalue weighted by atomic mass is 127. The van der Waals surface area contributed by atoms with E-state index in [1.54, 1.807) is 0 Å². The second-order valence-corrected chi connectivity index (χ2v) is 8.16. The molecule has 0 saturated carbocycles. The number of carboxylic acids is 1. The number of hydrogen-bond acceptors (Lipinski definition) is 2. The van der Waals surface area contributed by atoms with Gasteiger partial charge in [-0.3, -0.25) is 9.69 Å². The van der Waals surface area contributed by atoms with Crippen molar-refractivity contribution in [2.24, 2.45) is 0 Å². The first-order valence-corrected chi connectivity index (χ1v) is 10.4. The molecule has 0 aliphatic rings. The summed E-state index contributed by atoms with van der Waals surface area (Å²) in [6.07, 6.45) is 0.0596. The Morgan fingerprint density at radius 3 is 2.14 bits per heavy atom. The molecule has 0 aliphatic heterocycles. The van der Waals surface area contributed by atoms with Crippen LogP contribution in [0.15, 0.2) is 84.9 Å². The van der Waals surface area contributed by atoms with Crippen LogP contribution in [0.3, 0.4) is 0 Å². The van der Waals surface area contributed by atoms with Crippen LogP contribution in [0.25, 0.3) is 0 Å². The van der Waals surface area contributed by atoms with Gasteiger partial charge in [0.2, 0.25) is 0 Å². The lowest BCUT2D eigenvalue weighted by Gasteiger charge is -2.37. The van der Waals surface area contributed by atoms with E-state index in [0.29, 0.717) is 6.54 Å².